The van der Waals surface area contributed by atoms with Gasteiger partial charge in [-0.15, -0.1) is 0 Å². The van der Waals surface area contributed by atoms with Gasteiger partial charge in [0, 0.05) is 5.56 Å². The molecule has 0 aliphatic heterocycles. The normalized spacial score (nSPS) is 10.8. The Labute approximate surface area is 168 Å². The maximum Gasteiger partial charge on any atom is 0.311 e. The van der Waals surface area contributed by atoms with Gasteiger partial charge in [-0.3, -0.25) is 4.79 Å². The van der Waals surface area contributed by atoms with Crippen molar-refractivity contribution < 1.29 is 14.3 Å². The first kappa shape index (κ1) is 18.7. The molecule has 0 bridgehead atoms. The fourth-order valence-electron chi connectivity index (χ4n) is 3.02. The Bertz CT molecular complexity index is 1120. The predicted molar refractivity (Wildman–Crippen MR) is 110 cm³/mol. The molecule has 146 valence electrons. The molecule has 2 aromatic heterocycles. The SMILES string of the molecule is CCOC(=O)Cc1cn2nc(-c3cccc(OCc4ccccc4)c3)ccc2n1. The van der Waals surface area contributed by atoms with E-state index in [1.54, 1.807) is 17.6 Å². The third-order valence-corrected chi connectivity index (χ3v) is 4.38. The number of esters is 1. The number of carbonyl (C=O) groups excluding carboxylic acids is 1. The summed E-state index contributed by atoms with van der Waals surface area (Å²) in [6.07, 6.45) is 1.89. The number of fused-ring (bicyclic) bond motifs is 1. The zero-order valence-electron chi connectivity index (χ0n) is 16.1. The van der Waals surface area contributed by atoms with Crippen LogP contribution in [0, 0.1) is 0 Å². The first-order valence-corrected chi connectivity index (χ1v) is 9.49. The first-order chi connectivity index (χ1) is 14.2. The lowest BCUT2D eigenvalue weighted by atomic mass is 10.1. The van der Waals surface area contributed by atoms with E-state index in [1.165, 1.54) is 0 Å². The molecule has 2 heterocycles. The number of aromatic nitrogens is 3. The van der Waals surface area contributed by atoms with E-state index >= 15 is 0 Å². The summed E-state index contributed by atoms with van der Waals surface area (Å²) in [5.74, 6) is 0.487. The number of benzene rings is 2. The molecule has 0 radical (unpaired) electrons. The molecule has 6 nitrogen and oxygen atoms in total. The van der Waals surface area contributed by atoms with Crippen LogP contribution in [0.1, 0.15) is 18.2 Å². The summed E-state index contributed by atoms with van der Waals surface area (Å²) >= 11 is 0. The molecule has 0 aliphatic carbocycles. The van der Waals surface area contributed by atoms with Gasteiger partial charge in [0.2, 0.25) is 0 Å². The van der Waals surface area contributed by atoms with Crippen LogP contribution in [-0.2, 0) is 22.6 Å². The monoisotopic (exact) mass is 387 g/mol. The number of ether oxygens (including phenoxy) is 2. The van der Waals surface area contributed by atoms with Gasteiger partial charge in [-0.25, -0.2) is 9.50 Å². The lowest BCUT2D eigenvalue weighted by Gasteiger charge is -2.08. The molecule has 0 N–H and O–H groups in total. The molecule has 0 fully saturated rings. The highest BCUT2D eigenvalue weighted by Gasteiger charge is 2.10. The third-order valence-electron chi connectivity index (χ3n) is 4.38. The van der Waals surface area contributed by atoms with Gasteiger partial charge in [0.15, 0.2) is 5.65 Å². The van der Waals surface area contributed by atoms with E-state index in [-0.39, 0.29) is 12.4 Å². The minimum Gasteiger partial charge on any atom is -0.489 e. The Hall–Kier alpha value is -3.67. The van der Waals surface area contributed by atoms with Gasteiger partial charge in [-0.1, -0.05) is 42.5 Å². The van der Waals surface area contributed by atoms with E-state index in [2.05, 4.69) is 10.1 Å². The van der Waals surface area contributed by atoms with E-state index in [1.807, 2.05) is 66.7 Å². The quantitative estimate of drug-likeness (QED) is 0.447. The number of hydrogen-bond donors (Lipinski definition) is 0. The summed E-state index contributed by atoms with van der Waals surface area (Å²) < 4.78 is 12.6. The number of rotatable bonds is 7. The Balaban J connectivity index is 1.52. The molecule has 4 aromatic rings. The highest BCUT2D eigenvalue weighted by Crippen LogP contribution is 2.23. The van der Waals surface area contributed by atoms with Crippen molar-refractivity contribution in [1.82, 2.24) is 14.6 Å². The molecular formula is C23H21N3O3. The maximum atomic E-state index is 11.7. The maximum absolute atomic E-state index is 11.7. The van der Waals surface area contributed by atoms with Gasteiger partial charge in [0.1, 0.15) is 12.4 Å². The lowest BCUT2D eigenvalue weighted by Crippen LogP contribution is -2.07. The van der Waals surface area contributed by atoms with Crippen molar-refractivity contribution >= 4 is 11.6 Å². The topological polar surface area (TPSA) is 65.7 Å². The Kier molecular flexibility index (Phi) is 5.52. The molecule has 0 amide bonds. The van der Waals surface area contributed by atoms with Crippen molar-refractivity contribution in [3.63, 3.8) is 0 Å². The summed E-state index contributed by atoms with van der Waals surface area (Å²) in [4.78, 5) is 16.1. The first-order valence-electron chi connectivity index (χ1n) is 9.49. The summed E-state index contributed by atoms with van der Waals surface area (Å²) in [7, 11) is 0. The predicted octanol–water partition coefficient (Wildman–Crippen LogP) is 4.08. The van der Waals surface area contributed by atoms with Crippen LogP contribution in [0.15, 0.2) is 72.9 Å². The van der Waals surface area contributed by atoms with Crippen molar-refractivity contribution in [2.75, 3.05) is 6.61 Å². The van der Waals surface area contributed by atoms with E-state index in [0.717, 1.165) is 22.6 Å². The molecule has 0 spiro atoms. The average molecular weight is 387 g/mol. The van der Waals surface area contributed by atoms with Gasteiger partial charge in [0.25, 0.3) is 0 Å². The van der Waals surface area contributed by atoms with Crippen LogP contribution in [0.4, 0.5) is 0 Å². The van der Waals surface area contributed by atoms with Crippen LogP contribution in [-0.4, -0.2) is 27.2 Å². The van der Waals surface area contributed by atoms with Crippen LogP contribution >= 0.6 is 0 Å². The largest absolute Gasteiger partial charge is 0.489 e. The number of carbonyl (C=O) groups is 1. The molecule has 2 aromatic carbocycles. The summed E-state index contributed by atoms with van der Waals surface area (Å²) in [5, 5.41) is 4.63. The van der Waals surface area contributed by atoms with Crippen molar-refractivity contribution in [2.45, 2.75) is 20.0 Å². The van der Waals surface area contributed by atoms with Crippen molar-refractivity contribution in [3.05, 3.63) is 84.2 Å². The lowest BCUT2D eigenvalue weighted by molar-refractivity contribution is -0.142. The highest BCUT2D eigenvalue weighted by atomic mass is 16.5. The standard InChI is InChI=1S/C23H21N3O3/c1-2-28-23(27)14-19-15-26-22(24-19)12-11-21(25-26)18-9-6-10-20(13-18)29-16-17-7-4-3-5-8-17/h3-13,15H,2,14,16H2,1H3. The van der Waals surface area contributed by atoms with E-state index in [9.17, 15) is 4.79 Å². The smallest absolute Gasteiger partial charge is 0.311 e. The number of nitrogens with zero attached hydrogens (tertiary/aromatic N) is 3. The zero-order chi connectivity index (χ0) is 20.1. The highest BCUT2D eigenvalue weighted by molar-refractivity contribution is 5.72. The van der Waals surface area contributed by atoms with Crippen molar-refractivity contribution in [2.24, 2.45) is 0 Å². The molecule has 0 saturated heterocycles. The third kappa shape index (κ3) is 4.60. The van der Waals surface area contributed by atoms with Gasteiger partial charge < -0.3 is 9.47 Å². The Morgan fingerprint density at radius 1 is 1.03 bits per heavy atom. The van der Waals surface area contributed by atoms with Crippen molar-refractivity contribution in [3.8, 4) is 17.0 Å². The van der Waals surface area contributed by atoms with E-state index < -0.39 is 0 Å². The summed E-state index contributed by atoms with van der Waals surface area (Å²) in [6.45, 7) is 2.65. The summed E-state index contributed by atoms with van der Waals surface area (Å²) in [6, 6.07) is 21.7. The zero-order valence-corrected chi connectivity index (χ0v) is 16.1. The van der Waals surface area contributed by atoms with Crippen LogP contribution < -0.4 is 4.74 Å². The van der Waals surface area contributed by atoms with Gasteiger partial charge in [-0.2, -0.15) is 5.10 Å². The fraction of sp³-hybridized carbons (Fsp3) is 0.174. The summed E-state index contributed by atoms with van der Waals surface area (Å²) in [5.41, 5.74) is 4.17. The Morgan fingerprint density at radius 3 is 2.72 bits per heavy atom. The van der Waals surface area contributed by atoms with Crippen LogP contribution in [0.3, 0.4) is 0 Å². The van der Waals surface area contributed by atoms with E-state index in [0.29, 0.717) is 24.6 Å². The van der Waals surface area contributed by atoms with Crippen molar-refractivity contribution in [1.29, 1.82) is 0 Å². The molecule has 0 saturated carbocycles. The minimum absolute atomic E-state index is 0.134. The number of hydrogen-bond acceptors (Lipinski definition) is 5. The second kappa shape index (κ2) is 8.56. The molecule has 4 rings (SSSR count). The molecule has 6 heteroatoms. The van der Waals surface area contributed by atoms with Crippen LogP contribution in [0.25, 0.3) is 16.9 Å². The van der Waals surface area contributed by atoms with Gasteiger partial charge in [0.05, 0.1) is 30.6 Å². The molecule has 0 atom stereocenters. The molecule has 0 aliphatic rings. The average Bonchev–Trinajstić information content (AvgIpc) is 3.14. The number of imidazole rings is 1. The second-order valence-corrected chi connectivity index (χ2v) is 6.54. The van der Waals surface area contributed by atoms with Crippen LogP contribution in [0.5, 0.6) is 5.75 Å². The Morgan fingerprint density at radius 2 is 1.90 bits per heavy atom. The minimum atomic E-state index is -0.292. The van der Waals surface area contributed by atoms with Gasteiger partial charge in [-0.05, 0) is 36.8 Å². The second-order valence-electron chi connectivity index (χ2n) is 6.54. The van der Waals surface area contributed by atoms with E-state index in [4.69, 9.17) is 9.47 Å². The molecular weight excluding hydrogens is 366 g/mol. The van der Waals surface area contributed by atoms with Crippen LogP contribution in [0.2, 0.25) is 0 Å². The fourth-order valence-corrected chi connectivity index (χ4v) is 3.02. The molecule has 29 heavy (non-hydrogen) atoms. The van der Waals surface area contributed by atoms with Gasteiger partial charge >= 0.3 is 5.97 Å². The molecule has 0 unspecified atom stereocenters.